The molecule has 7 nitrogen and oxygen atoms in total. The normalized spacial score (nSPS) is 14.5. The lowest BCUT2D eigenvalue weighted by Gasteiger charge is -2.26. The van der Waals surface area contributed by atoms with Gasteiger partial charge in [0.25, 0.3) is 0 Å². The molecule has 1 unspecified atom stereocenters. The summed E-state index contributed by atoms with van der Waals surface area (Å²) in [5.74, 6) is 0.579. The molecule has 0 radical (unpaired) electrons. The number of nitrogens with two attached hydrogens (primary N) is 1. The van der Waals surface area contributed by atoms with Crippen molar-refractivity contribution in [2.45, 2.75) is 39.5 Å². The van der Waals surface area contributed by atoms with Crippen molar-refractivity contribution in [1.82, 2.24) is 0 Å². The van der Waals surface area contributed by atoms with Crippen LogP contribution < -0.4 is 19.9 Å². The summed E-state index contributed by atoms with van der Waals surface area (Å²) < 4.78 is 23.0. The van der Waals surface area contributed by atoms with Crippen molar-refractivity contribution in [3.8, 4) is 23.3 Å². The molecule has 0 spiro atoms. The van der Waals surface area contributed by atoms with Crippen molar-refractivity contribution in [1.29, 1.82) is 5.26 Å². The van der Waals surface area contributed by atoms with Gasteiger partial charge in [-0.2, -0.15) is 5.26 Å². The number of carbonyl (C=O) groups is 1. The van der Waals surface area contributed by atoms with Gasteiger partial charge in [0.2, 0.25) is 11.6 Å². The van der Waals surface area contributed by atoms with Gasteiger partial charge in [0.15, 0.2) is 0 Å². The Balaban J connectivity index is 1.44. The Bertz CT molecular complexity index is 1590. The second-order valence-corrected chi connectivity index (χ2v) is 9.17. The van der Waals surface area contributed by atoms with Gasteiger partial charge in [-0.25, -0.2) is 4.79 Å². The minimum absolute atomic E-state index is 0.0136. The van der Waals surface area contributed by atoms with E-state index < -0.39 is 11.9 Å². The van der Waals surface area contributed by atoms with Crippen LogP contribution in [0.15, 0.2) is 76.5 Å². The predicted octanol–water partition coefficient (Wildman–Crippen LogP) is 6.53. The Labute approximate surface area is 221 Å². The summed E-state index contributed by atoms with van der Waals surface area (Å²) in [6.07, 6.45) is 1.80. The Morgan fingerprint density at radius 3 is 2.53 bits per heavy atom. The number of carbonyl (C=O) groups excluding carboxylic acids is 1. The SMILES string of the molecule is CCCOc1ccc(C2C(C#N)=C(N)Oc3cc(OC(=O)c4oc5ccc(CC)cc5c4C)ccc32)cc1. The first-order valence-corrected chi connectivity index (χ1v) is 12.6. The Morgan fingerprint density at radius 2 is 1.82 bits per heavy atom. The maximum atomic E-state index is 13.0. The third-order valence-corrected chi connectivity index (χ3v) is 6.68. The summed E-state index contributed by atoms with van der Waals surface area (Å²) in [4.78, 5) is 13.0. The molecule has 2 N–H and O–H groups in total. The molecule has 0 amide bonds. The van der Waals surface area contributed by atoms with Crippen LogP contribution in [0.5, 0.6) is 17.2 Å². The molecule has 0 fully saturated rings. The van der Waals surface area contributed by atoms with Crippen molar-refractivity contribution < 1.29 is 23.4 Å². The van der Waals surface area contributed by atoms with Crippen molar-refractivity contribution in [2.24, 2.45) is 5.73 Å². The zero-order chi connectivity index (χ0) is 26.8. The van der Waals surface area contributed by atoms with Crippen LogP contribution in [0, 0.1) is 18.3 Å². The minimum Gasteiger partial charge on any atom is -0.494 e. The monoisotopic (exact) mass is 508 g/mol. The number of nitrogens with zero attached hydrogens (tertiary/aromatic N) is 1. The largest absolute Gasteiger partial charge is 0.494 e. The van der Waals surface area contributed by atoms with Crippen LogP contribution in [0.2, 0.25) is 0 Å². The number of allylic oxidation sites excluding steroid dienone is 1. The summed E-state index contributed by atoms with van der Waals surface area (Å²) >= 11 is 0. The number of hydrogen-bond acceptors (Lipinski definition) is 7. The van der Waals surface area contributed by atoms with Crippen molar-refractivity contribution in [3.05, 3.63) is 100 Å². The summed E-state index contributed by atoms with van der Waals surface area (Å²) in [6, 6.07) is 20.7. The average molecular weight is 509 g/mol. The summed E-state index contributed by atoms with van der Waals surface area (Å²) in [5.41, 5.74) is 10.6. The Kier molecular flexibility index (Phi) is 6.80. The molecule has 0 saturated heterocycles. The molecule has 2 heterocycles. The number of fused-ring (bicyclic) bond motifs is 2. The smallest absolute Gasteiger partial charge is 0.379 e. The molecule has 3 aromatic carbocycles. The third-order valence-electron chi connectivity index (χ3n) is 6.68. The van der Waals surface area contributed by atoms with Gasteiger partial charge in [-0.05, 0) is 61.2 Å². The first-order chi connectivity index (χ1) is 18.4. The fourth-order valence-electron chi connectivity index (χ4n) is 4.65. The second-order valence-electron chi connectivity index (χ2n) is 9.17. The van der Waals surface area contributed by atoms with Crippen LogP contribution in [-0.4, -0.2) is 12.6 Å². The lowest BCUT2D eigenvalue weighted by molar-refractivity contribution is 0.0702. The van der Waals surface area contributed by atoms with E-state index in [1.807, 2.05) is 56.3 Å². The van der Waals surface area contributed by atoms with E-state index in [9.17, 15) is 10.1 Å². The van der Waals surface area contributed by atoms with Gasteiger partial charge in [0.05, 0.1) is 12.5 Å². The zero-order valence-electron chi connectivity index (χ0n) is 21.5. The van der Waals surface area contributed by atoms with Gasteiger partial charge in [-0.15, -0.1) is 0 Å². The number of aryl methyl sites for hydroxylation is 2. The van der Waals surface area contributed by atoms with Gasteiger partial charge in [-0.3, -0.25) is 0 Å². The molecular weight excluding hydrogens is 480 g/mol. The van der Waals surface area contributed by atoms with E-state index in [2.05, 4.69) is 13.0 Å². The van der Waals surface area contributed by atoms with E-state index in [0.29, 0.717) is 23.5 Å². The van der Waals surface area contributed by atoms with E-state index in [4.69, 9.17) is 24.4 Å². The van der Waals surface area contributed by atoms with Crippen LogP contribution in [-0.2, 0) is 6.42 Å². The average Bonchev–Trinajstić information content (AvgIpc) is 3.27. The topological polar surface area (TPSA) is 108 Å². The summed E-state index contributed by atoms with van der Waals surface area (Å²) in [5, 5.41) is 10.7. The summed E-state index contributed by atoms with van der Waals surface area (Å²) in [6.45, 7) is 6.60. The number of esters is 1. The lowest BCUT2D eigenvalue weighted by atomic mass is 9.83. The number of benzene rings is 3. The Hall–Kier alpha value is -4.70. The zero-order valence-corrected chi connectivity index (χ0v) is 21.5. The van der Waals surface area contributed by atoms with Gasteiger partial charge in [0.1, 0.15) is 34.5 Å². The van der Waals surface area contributed by atoms with E-state index >= 15 is 0 Å². The molecule has 7 heteroatoms. The molecular formula is C31H28N2O5. The van der Waals surface area contributed by atoms with Crippen LogP contribution in [0.25, 0.3) is 11.0 Å². The van der Waals surface area contributed by atoms with Crippen LogP contribution in [0.1, 0.15) is 59.0 Å². The first-order valence-electron chi connectivity index (χ1n) is 12.6. The number of rotatable bonds is 7. The highest BCUT2D eigenvalue weighted by Crippen LogP contribution is 2.43. The number of nitriles is 1. The molecule has 0 aliphatic carbocycles. The second kappa shape index (κ2) is 10.3. The maximum Gasteiger partial charge on any atom is 0.379 e. The predicted molar refractivity (Wildman–Crippen MR) is 143 cm³/mol. The fraction of sp³-hybridized carbons (Fsp3) is 0.226. The fourth-order valence-corrected chi connectivity index (χ4v) is 4.65. The summed E-state index contributed by atoms with van der Waals surface area (Å²) in [7, 11) is 0. The maximum absolute atomic E-state index is 13.0. The highest BCUT2D eigenvalue weighted by Gasteiger charge is 2.31. The molecule has 38 heavy (non-hydrogen) atoms. The molecule has 1 aromatic heterocycles. The van der Waals surface area contributed by atoms with Crippen molar-refractivity contribution in [3.63, 3.8) is 0 Å². The molecule has 0 bridgehead atoms. The van der Waals surface area contributed by atoms with E-state index in [1.54, 1.807) is 18.2 Å². The molecule has 4 aromatic rings. The molecule has 192 valence electrons. The standard InChI is InChI=1S/C31H28N2O5/c1-4-14-35-21-9-7-20(8-10-21)28-23-12-11-22(16-27(23)38-30(33)25(28)17-32)36-31(34)29-18(3)24-15-19(5-2)6-13-26(24)37-29/h6-13,15-16,28H,4-5,14,33H2,1-3H3. The van der Waals surface area contributed by atoms with E-state index in [0.717, 1.165) is 46.2 Å². The number of furan rings is 1. The third kappa shape index (κ3) is 4.57. The van der Waals surface area contributed by atoms with Crippen LogP contribution in [0.3, 0.4) is 0 Å². The number of hydrogen-bond donors (Lipinski definition) is 1. The van der Waals surface area contributed by atoms with Crippen molar-refractivity contribution >= 4 is 16.9 Å². The van der Waals surface area contributed by atoms with Crippen LogP contribution >= 0.6 is 0 Å². The first kappa shape index (κ1) is 25.0. The molecule has 1 aliphatic heterocycles. The number of ether oxygens (including phenoxy) is 3. The van der Waals surface area contributed by atoms with Gasteiger partial charge >= 0.3 is 5.97 Å². The van der Waals surface area contributed by atoms with Crippen molar-refractivity contribution in [2.75, 3.05) is 6.61 Å². The molecule has 1 atom stereocenters. The van der Waals surface area contributed by atoms with Gasteiger partial charge in [0, 0.05) is 22.6 Å². The van der Waals surface area contributed by atoms with Gasteiger partial charge in [-0.1, -0.05) is 38.1 Å². The van der Waals surface area contributed by atoms with Crippen LogP contribution in [0.4, 0.5) is 0 Å². The minimum atomic E-state index is -0.604. The van der Waals surface area contributed by atoms with E-state index in [1.165, 1.54) is 0 Å². The lowest BCUT2D eigenvalue weighted by Crippen LogP contribution is -2.21. The quantitative estimate of drug-likeness (QED) is 0.223. The highest BCUT2D eigenvalue weighted by atomic mass is 16.5. The molecule has 5 rings (SSSR count). The highest BCUT2D eigenvalue weighted by molar-refractivity contribution is 5.97. The van der Waals surface area contributed by atoms with E-state index in [-0.39, 0.29) is 17.4 Å². The Morgan fingerprint density at radius 1 is 1.05 bits per heavy atom. The molecule has 0 saturated carbocycles. The molecule has 1 aliphatic rings. The van der Waals surface area contributed by atoms with Gasteiger partial charge < -0.3 is 24.4 Å².